The largest absolute Gasteiger partial charge is 0.505 e. The lowest BCUT2D eigenvalue weighted by Crippen LogP contribution is -2.01. The number of carboxylic acid groups (broad SMARTS) is 1. The summed E-state index contributed by atoms with van der Waals surface area (Å²) in [4.78, 5) is 15.1. The maximum Gasteiger partial charge on any atom is 0.358 e. The van der Waals surface area contributed by atoms with Crippen LogP contribution in [0.25, 0.3) is 10.8 Å². The highest BCUT2D eigenvalue weighted by molar-refractivity contribution is 9.10. The van der Waals surface area contributed by atoms with Crippen molar-refractivity contribution in [1.29, 1.82) is 0 Å². The number of ether oxygens (including phenoxy) is 2. The molecule has 0 aliphatic carbocycles. The molecule has 2 aromatic carbocycles. The van der Waals surface area contributed by atoms with Crippen LogP contribution in [-0.2, 0) is 6.42 Å². The second-order valence-corrected chi connectivity index (χ2v) is 6.33. The van der Waals surface area contributed by atoms with Crippen molar-refractivity contribution in [2.75, 3.05) is 6.61 Å². The molecule has 0 saturated carbocycles. The van der Waals surface area contributed by atoms with Gasteiger partial charge >= 0.3 is 5.97 Å². The van der Waals surface area contributed by atoms with Crippen LogP contribution in [0.5, 0.6) is 23.0 Å². The summed E-state index contributed by atoms with van der Waals surface area (Å²) in [7, 11) is 0. The van der Waals surface area contributed by atoms with Gasteiger partial charge < -0.3 is 19.7 Å². The van der Waals surface area contributed by atoms with Crippen molar-refractivity contribution in [1.82, 2.24) is 4.98 Å². The quantitative estimate of drug-likeness (QED) is 0.641. The minimum absolute atomic E-state index is 0.346. The number of carbonyl (C=O) groups is 1. The molecule has 126 valence electrons. The van der Waals surface area contributed by atoms with E-state index in [-0.39, 0.29) is 0 Å². The van der Waals surface area contributed by atoms with Crippen LogP contribution >= 0.6 is 15.9 Å². The van der Waals surface area contributed by atoms with Crippen molar-refractivity contribution in [2.24, 2.45) is 0 Å². The van der Waals surface area contributed by atoms with Gasteiger partial charge in [0.1, 0.15) is 21.9 Å². The number of hydrogen-bond acceptors (Lipinski definition) is 5. The smallest absolute Gasteiger partial charge is 0.358 e. The van der Waals surface area contributed by atoms with Gasteiger partial charge in [-0.3, -0.25) is 0 Å². The number of aromatic carboxylic acids is 1. The van der Waals surface area contributed by atoms with Crippen LogP contribution in [0.3, 0.4) is 0 Å². The number of benzene rings is 2. The maximum atomic E-state index is 11.2. The topological polar surface area (TPSA) is 88.9 Å². The zero-order valence-electron chi connectivity index (χ0n) is 12.8. The summed E-state index contributed by atoms with van der Waals surface area (Å²) in [6, 6.07) is 10.6. The first-order chi connectivity index (χ1) is 12.0. The van der Waals surface area contributed by atoms with Crippen LogP contribution in [0.2, 0.25) is 0 Å². The van der Waals surface area contributed by atoms with Gasteiger partial charge in [-0.2, -0.15) is 0 Å². The predicted molar refractivity (Wildman–Crippen MR) is 93.8 cm³/mol. The fourth-order valence-corrected chi connectivity index (χ4v) is 3.34. The normalized spacial score (nSPS) is 12.7. The van der Waals surface area contributed by atoms with E-state index < -0.39 is 17.4 Å². The molecule has 1 aromatic heterocycles. The highest BCUT2D eigenvalue weighted by Crippen LogP contribution is 2.37. The molecule has 0 unspecified atom stereocenters. The number of fused-ring (bicyclic) bond motifs is 2. The van der Waals surface area contributed by atoms with Gasteiger partial charge in [0.25, 0.3) is 0 Å². The molecule has 0 saturated heterocycles. The highest BCUT2D eigenvalue weighted by Gasteiger charge is 2.18. The minimum atomic E-state index is -1.30. The second kappa shape index (κ2) is 5.93. The SMILES string of the molecule is O=C(O)c1nc(Br)c2ccc(Oc3ccc4c(c3)CCO4)cc2c1O. The summed E-state index contributed by atoms with van der Waals surface area (Å²) >= 11 is 3.24. The van der Waals surface area contributed by atoms with E-state index in [1.54, 1.807) is 24.3 Å². The van der Waals surface area contributed by atoms with Gasteiger partial charge in [0.05, 0.1) is 6.61 Å². The van der Waals surface area contributed by atoms with Gasteiger partial charge in [-0.1, -0.05) is 0 Å². The number of pyridine rings is 1. The second-order valence-electron chi connectivity index (χ2n) is 5.58. The lowest BCUT2D eigenvalue weighted by atomic mass is 10.1. The van der Waals surface area contributed by atoms with Crippen LogP contribution in [0.4, 0.5) is 0 Å². The Kier molecular flexibility index (Phi) is 3.73. The van der Waals surface area contributed by atoms with Crippen LogP contribution in [-0.4, -0.2) is 27.8 Å². The van der Waals surface area contributed by atoms with E-state index in [1.807, 2.05) is 12.1 Å². The molecule has 0 radical (unpaired) electrons. The zero-order chi connectivity index (χ0) is 17.6. The van der Waals surface area contributed by atoms with E-state index in [0.717, 1.165) is 17.7 Å². The lowest BCUT2D eigenvalue weighted by molar-refractivity contribution is 0.0687. The molecule has 7 heteroatoms. The molecule has 6 nitrogen and oxygen atoms in total. The number of aromatic nitrogens is 1. The highest BCUT2D eigenvalue weighted by atomic mass is 79.9. The third-order valence-electron chi connectivity index (χ3n) is 4.00. The summed E-state index contributed by atoms with van der Waals surface area (Å²) in [5.74, 6) is 0.305. The fourth-order valence-electron chi connectivity index (χ4n) is 2.81. The van der Waals surface area contributed by atoms with Crippen molar-refractivity contribution in [3.63, 3.8) is 0 Å². The minimum Gasteiger partial charge on any atom is -0.505 e. The zero-order valence-corrected chi connectivity index (χ0v) is 14.4. The third-order valence-corrected chi connectivity index (χ3v) is 4.61. The van der Waals surface area contributed by atoms with Crippen molar-refractivity contribution < 1.29 is 24.5 Å². The average Bonchev–Trinajstić information content (AvgIpc) is 3.05. The molecule has 0 amide bonds. The van der Waals surface area contributed by atoms with Gasteiger partial charge in [0.2, 0.25) is 0 Å². The molecule has 2 heterocycles. The number of rotatable bonds is 3. The summed E-state index contributed by atoms with van der Waals surface area (Å²) in [5, 5.41) is 20.3. The number of aromatic hydroxyl groups is 1. The van der Waals surface area contributed by atoms with E-state index in [0.29, 0.717) is 33.5 Å². The van der Waals surface area contributed by atoms with Gasteiger partial charge in [0.15, 0.2) is 11.4 Å². The maximum absolute atomic E-state index is 11.2. The Bertz CT molecular complexity index is 1020. The number of hydrogen-bond donors (Lipinski definition) is 2. The molecule has 25 heavy (non-hydrogen) atoms. The Labute approximate surface area is 150 Å². The van der Waals surface area contributed by atoms with Crippen LogP contribution in [0.15, 0.2) is 41.0 Å². The predicted octanol–water partition coefficient (Wildman–Crippen LogP) is 4.13. The van der Waals surface area contributed by atoms with E-state index >= 15 is 0 Å². The molecule has 0 spiro atoms. The Morgan fingerprint density at radius 3 is 2.72 bits per heavy atom. The van der Waals surface area contributed by atoms with E-state index in [9.17, 15) is 9.90 Å². The van der Waals surface area contributed by atoms with Crippen molar-refractivity contribution in [2.45, 2.75) is 6.42 Å². The molecule has 1 aliphatic heterocycles. The first-order valence-electron chi connectivity index (χ1n) is 7.52. The van der Waals surface area contributed by atoms with E-state index in [4.69, 9.17) is 14.6 Å². The van der Waals surface area contributed by atoms with Gasteiger partial charge in [-0.25, -0.2) is 9.78 Å². The fraction of sp³-hybridized carbons (Fsp3) is 0.111. The Balaban J connectivity index is 1.75. The number of halogens is 1. The first-order valence-corrected chi connectivity index (χ1v) is 8.31. The molecule has 0 fully saturated rings. The Morgan fingerprint density at radius 1 is 1.16 bits per heavy atom. The van der Waals surface area contributed by atoms with Gasteiger partial charge in [0, 0.05) is 22.8 Å². The molecular weight excluding hydrogens is 390 g/mol. The van der Waals surface area contributed by atoms with Crippen LogP contribution in [0.1, 0.15) is 16.1 Å². The summed E-state index contributed by atoms with van der Waals surface area (Å²) in [5.41, 5.74) is 0.674. The third kappa shape index (κ3) is 2.76. The molecule has 1 aliphatic rings. The van der Waals surface area contributed by atoms with Crippen LogP contribution in [0, 0.1) is 0 Å². The molecule has 0 bridgehead atoms. The first kappa shape index (κ1) is 15.7. The summed E-state index contributed by atoms with van der Waals surface area (Å²) in [6.07, 6.45) is 0.839. The monoisotopic (exact) mass is 401 g/mol. The molecular formula is C18H12BrNO5. The van der Waals surface area contributed by atoms with E-state index in [2.05, 4.69) is 20.9 Å². The van der Waals surface area contributed by atoms with Gasteiger partial charge in [-0.15, -0.1) is 0 Å². The van der Waals surface area contributed by atoms with Crippen LogP contribution < -0.4 is 9.47 Å². The summed E-state index contributed by atoms with van der Waals surface area (Å²) < 4.78 is 11.7. The molecule has 3 aromatic rings. The lowest BCUT2D eigenvalue weighted by Gasteiger charge is -2.10. The van der Waals surface area contributed by atoms with Crippen molar-refractivity contribution >= 4 is 32.7 Å². The standard InChI is InChI=1S/C18H12BrNO5/c19-17-12-3-1-11(8-13(12)16(21)15(20-17)18(22)23)25-10-2-4-14-9(7-10)5-6-24-14/h1-4,7-8,21H,5-6H2,(H,22,23). The Morgan fingerprint density at radius 2 is 1.92 bits per heavy atom. The number of carboxylic acids is 1. The van der Waals surface area contributed by atoms with E-state index in [1.165, 1.54) is 0 Å². The van der Waals surface area contributed by atoms with Crippen molar-refractivity contribution in [3.05, 3.63) is 52.3 Å². The Hall–Kier alpha value is -2.80. The molecule has 0 atom stereocenters. The van der Waals surface area contributed by atoms with Gasteiger partial charge in [-0.05, 0) is 52.3 Å². The molecule has 4 rings (SSSR count). The number of nitrogens with zero attached hydrogens (tertiary/aromatic N) is 1. The van der Waals surface area contributed by atoms with Crippen molar-refractivity contribution in [3.8, 4) is 23.0 Å². The summed E-state index contributed by atoms with van der Waals surface area (Å²) in [6.45, 7) is 0.668. The molecule has 2 N–H and O–H groups in total. The average molecular weight is 402 g/mol.